The number of carbonyl (C=O) groups is 1. The number of rotatable bonds is 6. The zero-order valence-electron chi connectivity index (χ0n) is 18.0. The normalized spacial score (nSPS) is 13.7. The highest BCUT2D eigenvalue weighted by atomic mass is 19.1. The Kier molecular flexibility index (Phi) is 6.71. The summed E-state index contributed by atoms with van der Waals surface area (Å²) in [5, 5.41) is 17.9. The molecule has 1 amide bonds. The van der Waals surface area contributed by atoms with Gasteiger partial charge in [0, 0.05) is 25.4 Å². The number of amides is 1. The van der Waals surface area contributed by atoms with Gasteiger partial charge in [-0.2, -0.15) is 5.26 Å². The van der Waals surface area contributed by atoms with Gasteiger partial charge in [-0.1, -0.05) is 12.1 Å². The van der Waals surface area contributed by atoms with Crippen molar-refractivity contribution in [3.05, 3.63) is 66.0 Å². The summed E-state index contributed by atoms with van der Waals surface area (Å²) < 4.78 is 14.1. The van der Waals surface area contributed by atoms with Gasteiger partial charge in [-0.3, -0.25) is 4.79 Å². The third-order valence-corrected chi connectivity index (χ3v) is 5.51. The van der Waals surface area contributed by atoms with Crippen LogP contribution in [-0.2, 0) is 0 Å². The van der Waals surface area contributed by atoms with Crippen molar-refractivity contribution in [1.82, 2.24) is 20.3 Å². The third-order valence-electron chi connectivity index (χ3n) is 5.51. The summed E-state index contributed by atoms with van der Waals surface area (Å²) in [6.45, 7) is 1.78. The molecule has 0 bridgehead atoms. The minimum Gasteiger partial charge on any atom is -0.371 e. The van der Waals surface area contributed by atoms with Gasteiger partial charge in [-0.25, -0.2) is 19.3 Å². The molecule has 1 aliphatic rings. The lowest BCUT2D eigenvalue weighted by molar-refractivity contribution is 0.102. The predicted octanol–water partition coefficient (Wildman–Crippen LogP) is 3.07. The van der Waals surface area contributed by atoms with Crippen LogP contribution in [0.5, 0.6) is 0 Å². The monoisotopic (exact) mass is 446 g/mol. The number of hydrogen-bond acceptors (Lipinski definition) is 8. The average molecular weight is 446 g/mol. The maximum atomic E-state index is 14.1. The largest absolute Gasteiger partial charge is 0.371 e. The van der Waals surface area contributed by atoms with Gasteiger partial charge in [-0.05, 0) is 38.1 Å². The molecule has 3 heterocycles. The van der Waals surface area contributed by atoms with E-state index in [1.807, 2.05) is 13.1 Å². The molecule has 1 aliphatic heterocycles. The lowest BCUT2D eigenvalue weighted by Crippen LogP contribution is -2.41. The van der Waals surface area contributed by atoms with Crippen molar-refractivity contribution in [2.24, 2.45) is 0 Å². The second-order valence-electron chi connectivity index (χ2n) is 7.64. The molecule has 0 unspecified atom stereocenters. The molecule has 0 atom stereocenters. The van der Waals surface area contributed by atoms with Gasteiger partial charge in [0.25, 0.3) is 5.91 Å². The van der Waals surface area contributed by atoms with Gasteiger partial charge in [0.05, 0.1) is 29.3 Å². The molecular weight excluding hydrogens is 423 g/mol. The molecular formula is C23H23FN8O. The number of nitrogens with one attached hydrogen (secondary N) is 3. The van der Waals surface area contributed by atoms with Crippen LogP contribution in [0.3, 0.4) is 0 Å². The van der Waals surface area contributed by atoms with Crippen LogP contribution in [0.4, 0.5) is 27.4 Å². The summed E-state index contributed by atoms with van der Waals surface area (Å²) in [5.74, 6) is -0.0781. The molecule has 2 aromatic heterocycles. The van der Waals surface area contributed by atoms with Gasteiger partial charge in [0.2, 0.25) is 0 Å². The van der Waals surface area contributed by atoms with E-state index in [-0.39, 0.29) is 17.4 Å². The Morgan fingerprint density at radius 2 is 1.91 bits per heavy atom. The van der Waals surface area contributed by atoms with Crippen molar-refractivity contribution < 1.29 is 9.18 Å². The molecule has 9 nitrogen and oxygen atoms in total. The fourth-order valence-corrected chi connectivity index (χ4v) is 3.70. The molecule has 0 spiro atoms. The summed E-state index contributed by atoms with van der Waals surface area (Å²) in [6.07, 6.45) is 6.12. The SMILES string of the molecule is CN(c1cc(Nc2cnc(C#N)cn2)ncc1C(=O)Nc1ccccc1F)C1CCNCC1. The Morgan fingerprint density at radius 1 is 1.15 bits per heavy atom. The first kappa shape index (κ1) is 22.1. The van der Waals surface area contributed by atoms with E-state index in [0.29, 0.717) is 22.9 Å². The quantitative estimate of drug-likeness (QED) is 0.529. The third kappa shape index (κ3) is 5.22. The summed E-state index contributed by atoms with van der Waals surface area (Å²) in [6, 6.07) is 9.94. The van der Waals surface area contributed by atoms with E-state index in [0.717, 1.165) is 25.9 Å². The Hall–Kier alpha value is -4.10. The summed E-state index contributed by atoms with van der Waals surface area (Å²) in [7, 11) is 1.94. The fourth-order valence-electron chi connectivity index (χ4n) is 3.70. The number of nitriles is 1. The van der Waals surface area contributed by atoms with Crippen molar-refractivity contribution in [3.8, 4) is 6.07 Å². The first-order valence-corrected chi connectivity index (χ1v) is 10.5. The highest BCUT2D eigenvalue weighted by Gasteiger charge is 2.24. The van der Waals surface area contributed by atoms with E-state index in [9.17, 15) is 9.18 Å². The van der Waals surface area contributed by atoms with Crippen LogP contribution in [0.2, 0.25) is 0 Å². The number of halogens is 1. The summed E-state index contributed by atoms with van der Waals surface area (Å²) >= 11 is 0. The Morgan fingerprint density at radius 3 is 2.61 bits per heavy atom. The van der Waals surface area contributed by atoms with Crippen LogP contribution in [-0.4, -0.2) is 47.0 Å². The van der Waals surface area contributed by atoms with Crippen LogP contribution in [0.15, 0.2) is 48.9 Å². The molecule has 1 saturated heterocycles. The van der Waals surface area contributed by atoms with E-state index in [1.54, 1.807) is 18.2 Å². The van der Waals surface area contributed by atoms with Gasteiger partial charge in [0.15, 0.2) is 5.69 Å². The molecule has 33 heavy (non-hydrogen) atoms. The maximum absolute atomic E-state index is 14.1. The number of para-hydroxylation sites is 1. The summed E-state index contributed by atoms with van der Waals surface area (Å²) in [4.78, 5) is 27.6. The van der Waals surface area contributed by atoms with E-state index < -0.39 is 11.7 Å². The number of benzene rings is 1. The molecule has 1 aromatic carbocycles. The highest BCUT2D eigenvalue weighted by molar-refractivity contribution is 6.08. The van der Waals surface area contributed by atoms with Crippen molar-refractivity contribution in [2.75, 3.05) is 35.7 Å². The minimum absolute atomic E-state index is 0.105. The first-order valence-electron chi connectivity index (χ1n) is 10.5. The first-order chi connectivity index (χ1) is 16.0. The highest BCUT2D eigenvalue weighted by Crippen LogP contribution is 2.28. The molecule has 4 rings (SSSR count). The van der Waals surface area contributed by atoms with Crippen LogP contribution >= 0.6 is 0 Å². The number of carbonyl (C=O) groups excluding carboxylic acids is 1. The van der Waals surface area contributed by atoms with Crippen LogP contribution in [0.25, 0.3) is 0 Å². The Labute approximate surface area is 190 Å². The van der Waals surface area contributed by atoms with Gasteiger partial charge < -0.3 is 20.9 Å². The maximum Gasteiger partial charge on any atom is 0.259 e. The van der Waals surface area contributed by atoms with Crippen LogP contribution in [0, 0.1) is 17.1 Å². The van der Waals surface area contributed by atoms with E-state index >= 15 is 0 Å². The number of nitrogens with zero attached hydrogens (tertiary/aromatic N) is 5. The lowest BCUT2D eigenvalue weighted by Gasteiger charge is -2.34. The molecule has 0 aliphatic carbocycles. The number of anilines is 4. The lowest BCUT2D eigenvalue weighted by atomic mass is 10.0. The molecule has 1 fully saturated rings. The van der Waals surface area contributed by atoms with Crippen molar-refractivity contribution in [2.45, 2.75) is 18.9 Å². The molecule has 168 valence electrons. The molecule has 0 radical (unpaired) electrons. The molecule has 3 N–H and O–H groups in total. The zero-order valence-corrected chi connectivity index (χ0v) is 18.0. The average Bonchev–Trinajstić information content (AvgIpc) is 2.86. The number of aromatic nitrogens is 3. The Bertz CT molecular complexity index is 1170. The Balaban J connectivity index is 1.64. The number of pyridine rings is 1. The van der Waals surface area contributed by atoms with E-state index in [4.69, 9.17) is 5.26 Å². The summed E-state index contributed by atoms with van der Waals surface area (Å²) in [5.41, 5.74) is 1.30. The zero-order chi connectivity index (χ0) is 23.2. The van der Waals surface area contributed by atoms with E-state index in [2.05, 4.69) is 35.8 Å². The number of hydrogen-bond donors (Lipinski definition) is 3. The number of piperidine rings is 1. The fraction of sp³-hybridized carbons (Fsp3) is 0.261. The van der Waals surface area contributed by atoms with Gasteiger partial charge in [-0.15, -0.1) is 0 Å². The second-order valence-corrected chi connectivity index (χ2v) is 7.64. The standard InChI is InChI=1S/C23H23FN8O/c1-32(16-6-8-26-9-7-16)20-10-21(31-22-14-27-15(11-25)12-28-22)29-13-17(20)23(33)30-19-5-3-2-4-18(19)24/h2-5,10,12-14,16,26H,6-9H2,1H3,(H,30,33)(H,28,29,31). The molecule has 10 heteroatoms. The van der Waals surface area contributed by atoms with Crippen LogP contribution in [0.1, 0.15) is 28.9 Å². The topological polar surface area (TPSA) is 119 Å². The van der Waals surface area contributed by atoms with Crippen molar-refractivity contribution in [1.29, 1.82) is 5.26 Å². The van der Waals surface area contributed by atoms with Gasteiger partial charge >= 0.3 is 0 Å². The van der Waals surface area contributed by atoms with Crippen molar-refractivity contribution in [3.63, 3.8) is 0 Å². The van der Waals surface area contributed by atoms with Gasteiger partial charge in [0.1, 0.15) is 23.5 Å². The second kappa shape index (κ2) is 10.0. The minimum atomic E-state index is -0.509. The van der Waals surface area contributed by atoms with E-state index in [1.165, 1.54) is 30.7 Å². The molecule has 0 saturated carbocycles. The molecule has 3 aromatic rings. The smallest absolute Gasteiger partial charge is 0.259 e. The predicted molar refractivity (Wildman–Crippen MR) is 123 cm³/mol. The van der Waals surface area contributed by atoms with Crippen molar-refractivity contribution >= 4 is 28.9 Å². The van der Waals surface area contributed by atoms with Crippen LogP contribution < -0.4 is 20.9 Å².